The highest BCUT2D eigenvalue weighted by Crippen LogP contribution is 2.03. The Hall–Kier alpha value is -0.120. The molecule has 1 saturated heterocycles. The van der Waals surface area contributed by atoms with Crippen LogP contribution in [0.3, 0.4) is 0 Å². The first-order chi connectivity index (χ1) is 5.86. The van der Waals surface area contributed by atoms with E-state index >= 15 is 0 Å². The third kappa shape index (κ3) is 3.09. The summed E-state index contributed by atoms with van der Waals surface area (Å²) in [5.74, 6) is 0. The molecule has 0 aromatic heterocycles. The molecule has 0 bridgehead atoms. The molecule has 0 radical (unpaired) electrons. The number of aliphatic hydroxyl groups excluding tert-OH is 1. The molecule has 72 valence electrons. The first-order valence-corrected chi connectivity index (χ1v) is 4.94. The minimum absolute atomic E-state index is 0.253. The average Bonchev–Trinajstić information content (AvgIpc) is 2.59. The fourth-order valence-electron chi connectivity index (χ4n) is 1.58. The highest BCUT2D eigenvalue weighted by molar-refractivity contribution is 4.77. The summed E-state index contributed by atoms with van der Waals surface area (Å²) in [6, 6.07) is 0.915. The van der Waals surface area contributed by atoms with Crippen LogP contribution in [0, 0.1) is 0 Å². The van der Waals surface area contributed by atoms with Gasteiger partial charge in [0, 0.05) is 18.6 Å². The van der Waals surface area contributed by atoms with Crippen LogP contribution < -0.4 is 10.6 Å². The first kappa shape index (κ1) is 9.96. The topological polar surface area (TPSA) is 44.3 Å². The van der Waals surface area contributed by atoms with E-state index in [1.54, 1.807) is 0 Å². The van der Waals surface area contributed by atoms with E-state index in [1.807, 2.05) is 0 Å². The van der Waals surface area contributed by atoms with E-state index in [0.717, 1.165) is 19.5 Å². The monoisotopic (exact) mass is 172 g/mol. The summed E-state index contributed by atoms with van der Waals surface area (Å²) in [4.78, 5) is 0. The summed E-state index contributed by atoms with van der Waals surface area (Å²) < 4.78 is 0. The van der Waals surface area contributed by atoms with E-state index < -0.39 is 0 Å². The smallest absolute Gasteiger partial charge is 0.0584 e. The van der Waals surface area contributed by atoms with Crippen LogP contribution in [0.2, 0.25) is 0 Å². The minimum Gasteiger partial charge on any atom is -0.395 e. The molecule has 0 aromatic carbocycles. The lowest BCUT2D eigenvalue weighted by Gasteiger charge is -2.17. The molecule has 0 aliphatic carbocycles. The van der Waals surface area contributed by atoms with Gasteiger partial charge in [-0.2, -0.15) is 0 Å². The quantitative estimate of drug-likeness (QED) is 0.551. The highest BCUT2D eigenvalue weighted by Gasteiger charge is 2.14. The van der Waals surface area contributed by atoms with Gasteiger partial charge in [-0.05, 0) is 25.8 Å². The van der Waals surface area contributed by atoms with Crippen molar-refractivity contribution < 1.29 is 5.11 Å². The van der Waals surface area contributed by atoms with Crippen LogP contribution >= 0.6 is 0 Å². The van der Waals surface area contributed by atoms with Gasteiger partial charge in [0.15, 0.2) is 0 Å². The average molecular weight is 172 g/mol. The molecule has 1 aliphatic heterocycles. The van der Waals surface area contributed by atoms with Gasteiger partial charge >= 0.3 is 0 Å². The molecule has 0 aromatic rings. The molecule has 12 heavy (non-hydrogen) atoms. The molecule has 1 heterocycles. The Bertz CT molecular complexity index is 107. The van der Waals surface area contributed by atoms with Gasteiger partial charge in [0.05, 0.1) is 6.61 Å². The van der Waals surface area contributed by atoms with Crippen LogP contribution in [-0.4, -0.2) is 36.9 Å². The van der Waals surface area contributed by atoms with Gasteiger partial charge in [-0.15, -0.1) is 0 Å². The molecule has 3 N–H and O–H groups in total. The zero-order valence-corrected chi connectivity index (χ0v) is 7.84. The van der Waals surface area contributed by atoms with Crippen molar-refractivity contribution >= 4 is 0 Å². The molecular weight excluding hydrogens is 152 g/mol. The third-order valence-electron chi connectivity index (χ3n) is 2.53. The molecule has 1 unspecified atom stereocenters. The predicted molar refractivity (Wildman–Crippen MR) is 50.2 cm³/mol. The van der Waals surface area contributed by atoms with Gasteiger partial charge in [-0.1, -0.05) is 6.92 Å². The molecule has 0 saturated carbocycles. The summed E-state index contributed by atoms with van der Waals surface area (Å²) >= 11 is 0. The second kappa shape index (κ2) is 5.51. The van der Waals surface area contributed by atoms with E-state index in [0.29, 0.717) is 6.04 Å². The Morgan fingerprint density at radius 1 is 1.67 bits per heavy atom. The molecular formula is C9H20N2O. The Morgan fingerprint density at radius 3 is 3.00 bits per heavy atom. The van der Waals surface area contributed by atoms with Crippen molar-refractivity contribution in [3.8, 4) is 0 Å². The summed E-state index contributed by atoms with van der Waals surface area (Å²) in [6.07, 6.45) is 3.57. The van der Waals surface area contributed by atoms with Gasteiger partial charge < -0.3 is 15.7 Å². The van der Waals surface area contributed by atoms with Gasteiger partial charge in [-0.25, -0.2) is 0 Å². The molecule has 0 amide bonds. The van der Waals surface area contributed by atoms with E-state index in [1.165, 1.54) is 12.8 Å². The second-order valence-corrected chi connectivity index (χ2v) is 3.49. The summed E-state index contributed by atoms with van der Waals surface area (Å²) in [5.41, 5.74) is 0. The number of hydrogen-bond donors (Lipinski definition) is 3. The number of nitrogens with one attached hydrogen (secondary N) is 2. The van der Waals surface area contributed by atoms with E-state index in [2.05, 4.69) is 17.6 Å². The SMILES string of the molecule is CC[C@@H](CO)NCC1CCCN1. The lowest BCUT2D eigenvalue weighted by atomic mass is 10.2. The van der Waals surface area contributed by atoms with Crippen molar-refractivity contribution in [1.29, 1.82) is 0 Å². The lowest BCUT2D eigenvalue weighted by molar-refractivity contribution is 0.236. The van der Waals surface area contributed by atoms with Gasteiger partial charge in [0.1, 0.15) is 0 Å². The summed E-state index contributed by atoms with van der Waals surface area (Å²) in [5, 5.41) is 15.7. The standard InChI is InChI=1S/C9H20N2O/c1-2-8(7-12)11-6-9-4-3-5-10-9/h8-12H,2-7H2,1H3/t8-,9?/m0/s1. The van der Waals surface area contributed by atoms with Crippen molar-refractivity contribution in [3.63, 3.8) is 0 Å². The Morgan fingerprint density at radius 2 is 2.50 bits per heavy atom. The Balaban J connectivity index is 2.06. The van der Waals surface area contributed by atoms with Crippen molar-refractivity contribution in [2.45, 2.75) is 38.3 Å². The van der Waals surface area contributed by atoms with E-state index in [9.17, 15) is 0 Å². The molecule has 2 atom stereocenters. The van der Waals surface area contributed by atoms with E-state index in [4.69, 9.17) is 5.11 Å². The van der Waals surface area contributed by atoms with Crippen molar-refractivity contribution in [2.24, 2.45) is 0 Å². The number of hydrogen-bond acceptors (Lipinski definition) is 3. The number of aliphatic hydroxyl groups is 1. The van der Waals surface area contributed by atoms with Crippen LogP contribution in [0.15, 0.2) is 0 Å². The highest BCUT2D eigenvalue weighted by atomic mass is 16.3. The lowest BCUT2D eigenvalue weighted by Crippen LogP contribution is -2.40. The fraction of sp³-hybridized carbons (Fsp3) is 1.00. The molecule has 3 heteroatoms. The second-order valence-electron chi connectivity index (χ2n) is 3.49. The van der Waals surface area contributed by atoms with Crippen LogP contribution in [0.25, 0.3) is 0 Å². The molecule has 1 fully saturated rings. The Labute approximate surface area is 74.5 Å². The number of rotatable bonds is 5. The van der Waals surface area contributed by atoms with Crippen LogP contribution in [0.5, 0.6) is 0 Å². The van der Waals surface area contributed by atoms with Gasteiger partial charge in [0.2, 0.25) is 0 Å². The first-order valence-electron chi connectivity index (χ1n) is 4.94. The summed E-state index contributed by atoms with van der Waals surface area (Å²) in [6.45, 7) is 4.50. The molecule has 1 rings (SSSR count). The normalized spacial score (nSPS) is 26.0. The van der Waals surface area contributed by atoms with E-state index in [-0.39, 0.29) is 12.6 Å². The van der Waals surface area contributed by atoms with Gasteiger partial charge in [-0.3, -0.25) is 0 Å². The van der Waals surface area contributed by atoms with Crippen molar-refractivity contribution in [2.75, 3.05) is 19.7 Å². The largest absolute Gasteiger partial charge is 0.395 e. The molecule has 1 aliphatic rings. The minimum atomic E-state index is 0.253. The molecule has 0 spiro atoms. The van der Waals surface area contributed by atoms with Crippen molar-refractivity contribution in [3.05, 3.63) is 0 Å². The summed E-state index contributed by atoms with van der Waals surface area (Å²) in [7, 11) is 0. The predicted octanol–water partition coefficient (Wildman–Crippen LogP) is 0.0989. The fourth-order valence-corrected chi connectivity index (χ4v) is 1.58. The zero-order chi connectivity index (χ0) is 8.81. The Kier molecular flexibility index (Phi) is 4.58. The maximum atomic E-state index is 8.92. The maximum absolute atomic E-state index is 8.92. The van der Waals surface area contributed by atoms with Crippen LogP contribution in [0.1, 0.15) is 26.2 Å². The van der Waals surface area contributed by atoms with Crippen LogP contribution in [0.4, 0.5) is 0 Å². The van der Waals surface area contributed by atoms with Gasteiger partial charge in [0.25, 0.3) is 0 Å². The maximum Gasteiger partial charge on any atom is 0.0584 e. The van der Waals surface area contributed by atoms with Crippen LogP contribution in [-0.2, 0) is 0 Å². The third-order valence-corrected chi connectivity index (χ3v) is 2.53. The van der Waals surface area contributed by atoms with Crippen molar-refractivity contribution in [1.82, 2.24) is 10.6 Å². The molecule has 3 nitrogen and oxygen atoms in total. The zero-order valence-electron chi connectivity index (χ0n) is 7.84.